The monoisotopic (exact) mass is 218 g/mol. The zero-order chi connectivity index (χ0) is 11.6. The predicted octanol–water partition coefficient (Wildman–Crippen LogP) is 1.17. The maximum Gasteiger partial charge on any atom is 0.227 e. The summed E-state index contributed by atoms with van der Waals surface area (Å²) < 4.78 is 0. The van der Waals surface area contributed by atoms with E-state index in [9.17, 15) is 9.59 Å². The molecule has 0 saturated carbocycles. The van der Waals surface area contributed by atoms with E-state index in [-0.39, 0.29) is 17.2 Å². The number of pyridine rings is 1. The molecule has 4 heteroatoms. The van der Waals surface area contributed by atoms with Gasteiger partial charge in [-0.1, -0.05) is 6.92 Å². The summed E-state index contributed by atoms with van der Waals surface area (Å²) in [5.74, 6) is -0.371. The van der Waals surface area contributed by atoms with Gasteiger partial charge in [0.2, 0.25) is 11.8 Å². The highest BCUT2D eigenvalue weighted by Gasteiger charge is 2.39. The molecule has 2 amide bonds. The summed E-state index contributed by atoms with van der Waals surface area (Å²) in [5.41, 5.74) is 0.677. The topological polar surface area (TPSA) is 59.1 Å². The molecule has 4 nitrogen and oxygen atoms in total. The van der Waals surface area contributed by atoms with Crippen LogP contribution < -0.4 is 5.32 Å². The minimum atomic E-state index is -0.345. The van der Waals surface area contributed by atoms with Crippen LogP contribution in [-0.4, -0.2) is 16.8 Å². The molecule has 0 bridgehead atoms. The Kier molecular flexibility index (Phi) is 2.73. The summed E-state index contributed by atoms with van der Waals surface area (Å²) in [6.07, 6.45) is 4.92. The molecule has 2 heterocycles. The van der Waals surface area contributed by atoms with Crippen LogP contribution in [0.15, 0.2) is 24.5 Å². The van der Waals surface area contributed by atoms with Gasteiger partial charge in [-0.05, 0) is 24.1 Å². The van der Waals surface area contributed by atoms with Crippen LogP contribution in [0.4, 0.5) is 0 Å². The first-order valence-electron chi connectivity index (χ1n) is 5.39. The van der Waals surface area contributed by atoms with Crippen molar-refractivity contribution in [1.82, 2.24) is 10.3 Å². The summed E-state index contributed by atoms with van der Waals surface area (Å²) in [6, 6.07) is 3.77. The molecule has 1 aromatic rings. The van der Waals surface area contributed by atoms with E-state index < -0.39 is 0 Å². The quantitative estimate of drug-likeness (QED) is 0.758. The van der Waals surface area contributed by atoms with Crippen molar-refractivity contribution in [3.63, 3.8) is 0 Å². The zero-order valence-electron chi connectivity index (χ0n) is 9.19. The lowest BCUT2D eigenvalue weighted by Crippen LogP contribution is -2.46. The molecular formula is C12H14N2O2. The Bertz CT molecular complexity index is 398. The summed E-state index contributed by atoms with van der Waals surface area (Å²) in [4.78, 5) is 26.9. The zero-order valence-corrected chi connectivity index (χ0v) is 9.19. The van der Waals surface area contributed by atoms with Crippen LogP contribution in [0, 0.1) is 0 Å². The number of carbonyl (C=O) groups is 2. The Morgan fingerprint density at radius 1 is 1.25 bits per heavy atom. The van der Waals surface area contributed by atoms with Crippen molar-refractivity contribution in [2.45, 2.75) is 31.6 Å². The van der Waals surface area contributed by atoms with Crippen LogP contribution in [0.1, 0.15) is 31.7 Å². The Morgan fingerprint density at radius 3 is 2.31 bits per heavy atom. The van der Waals surface area contributed by atoms with Crippen molar-refractivity contribution in [2.75, 3.05) is 0 Å². The highest BCUT2D eigenvalue weighted by atomic mass is 16.2. The van der Waals surface area contributed by atoms with Gasteiger partial charge in [-0.15, -0.1) is 0 Å². The van der Waals surface area contributed by atoms with E-state index in [0.717, 1.165) is 12.0 Å². The lowest BCUT2D eigenvalue weighted by molar-refractivity contribution is -0.135. The number of rotatable bonds is 2. The number of hydrogen-bond acceptors (Lipinski definition) is 3. The second kappa shape index (κ2) is 4.04. The maximum absolute atomic E-state index is 11.5. The molecule has 0 aliphatic carbocycles. The molecule has 1 fully saturated rings. The summed E-state index contributed by atoms with van der Waals surface area (Å²) in [6.45, 7) is 2.01. The van der Waals surface area contributed by atoms with Crippen LogP contribution in [0.25, 0.3) is 0 Å². The van der Waals surface area contributed by atoms with Crippen molar-refractivity contribution in [3.8, 4) is 0 Å². The van der Waals surface area contributed by atoms with Crippen molar-refractivity contribution < 1.29 is 9.59 Å². The standard InChI is InChI=1S/C12H14N2O2/c1-2-12(9-3-5-13-6-4-9)7-10(15)14-11(16)8-12/h3-6H,2,7-8H2,1H3,(H,14,15,16). The minimum Gasteiger partial charge on any atom is -0.296 e. The van der Waals surface area contributed by atoms with Crippen LogP contribution in [0.5, 0.6) is 0 Å². The number of carbonyl (C=O) groups excluding carboxylic acids is 2. The second-order valence-electron chi connectivity index (χ2n) is 4.19. The molecule has 1 aromatic heterocycles. The van der Waals surface area contributed by atoms with Gasteiger partial charge in [0.15, 0.2) is 0 Å². The Balaban J connectivity index is 2.39. The lowest BCUT2D eigenvalue weighted by Gasteiger charge is -2.35. The third kappa shape index (κ3) is 1.83. The summed E-state index contributed by atoms with van der Waals surface area (Å²) >= 11 is 0. The Hall–Kier alpha value is -1.71. The van der Waals surface area contributed by atoms with Gasteiger partial charge in [-0.25, -0.2) is 0 Å². The number of hydrogen-bond donors (Lipinski definition) is 1. The third-order valence-corrected chi connectivity index (χ3v) is 3.25. The molecule has 1 aliphatic heterocycles. The van der Waals surface area contributed by atoms with E-state index in [1.165, 1.54) is 0 Å². The van der Waals surface area contributed by atoms with Crippen molar-refractivity contribution in [1.29, 1.82) is 0 Å². The van der Waals surface area contributed by atoms with Gasteiger partial charge in [-0.3, -0.25) is 19.9 Å². The normalized spacial score (nSPS) is 19.3. The number of piperidine rings is 1. The molecule has 1 aliphatic rings. The fourth-order valence-electron chi connectivity index (χ4n) is 2.28. The first-order valence-corrected chi connectivity index (χ1v) is 5.39. The number of aromatic nitrogens is 1. The van der Waals surface area contributed by atoms with Gasteiger partial charge in [0, 0.05) is 30.7 Å². The fraction of sp³-hybridized carbons (Fsp3) is 0.417. The smallest absolute Gasteiger partial charge is 0.227 e. The molecule has 1 saturated heterocycles. The van der Waals surface area contributed by atoms with Gasteiger partial charge in [0.25, 0.3) is 0 Å². The predicted molar refractivity (Wildman–Crippen MR) is 58.6 cm³/mol. The van der Waals surface area contributed by atoms with Gasteiger partial charge in [-0.2, -0.15) is 0 Å². The van der Waals surface area contributed by atoms with Crippen LogP contribution in [0.2, 0.25) is 0 Å². The van der Waals surface area contributed by atoms with Crippen molar-refractivity contribution >= 4 is 11.8 Å². The largest absolute Gasteiger partial charge is 0.296 e. The van der Waals surface area contributed by atoms with Gasteiger partial charge in [0.05, 0.1) is 0 Å². The molecule has 0 radical (unpaired) electrons. The number of amides is 2. The highest BCUT2D eigenvalue weighted by Crippen LogP contribution is 2.36. The Labute approximate surface area is 94.1 Å². The summed E-state index contributed by atoms with van der Waals surface area (Å²) in [5, 5.41) is 2.34. The van der Waals surface area contributed by atoms with Crippen molar-refractivity contribution in [3.05, 3.63) is 30.1 Å². The van der Waals surface area contributed by atoms with Crippen LogP contribution >= 0.6 is 0 Å². The molecule has 16 heavy (non-hydrogen) atoms. The minimum absolute atomic E-state index is 0.185. The van der Waals surface area contributed by atoms with Crippen LogP contribution in [0.3, 0.4) is 0 Å². The molecule has 0 aromatic carbocycles. The Morgan fingerprint density at radius 2 is 1.81 bits per heavy atom. The average molecular weight is 218 g/mol. The van der Waals surface area contributed by atoms with E-state index in [1.807, 2.05) is 19.1 Å². The lowest BCUT2D eigenvalue weighted by atomic mass is 9.71. The van der Waals surface area contributed by atoms with Gasteiger partial charge < -0.3 is 0 Å². The van der Waals surface area contributed by atoms with E-state index in [1.54, 1.807) is 12.4 Å². The molecule has 84 valence electrons. The first-order chi connectivity index (χ1) is 7.66. The van der Waals surface area contributed by atoms with Gasteiger partial charge in [0.1, 0.15) is 0 Å². The van der Waals surface area contributed by atoms with E-state index in [2.05, 4.69) is 10.3 Å². The summed E-state index contributed by atoms with van der Waals surface area (Å²) in [7, 11) is 0. The molecule has 0 spiro atoms. The van der Waals surface area contributed by atoms with Gasteiger partial charge >= 0.3 is 0 Å². The van der Waals surface area contributed by atoms with E-state index >= 15 is 0 Å². The van der Waals surface area contributed by atoms with E-state index in [4.69, 9.17) is 0 Å². The average Bonchev–Trinajstić information content (AvgIpc) is 2.29. The van der Waals surface area contributed by atoms with Crippen molar-refractivity contribution in [2.24, 2.45) is 0 Å². The molecule has 0 unspecified atom stereocenters. The SMILES string of the molecule is CCC1(c2ccncc2)CC(=O)NC(=O)C1. The third-order valence-electron chi connectivity index (χ3n) is 3.25. The highest BCUT2D eigenvalue weighted by molar-refractivity contribution is 5.99. The maximum atomic E-state index is 11.5. The van der Waals surface area contributed by atoms with Crippen LogP contribution in [-0.2, 0) is 15.0 Å². The number of nitrogens with one attached hydrogen (secondary N) is 1. The molecule has 1 N–H and O–H groups in total. The number of nitrogens with zero attached hydrogens (tertiary/aromatic N) is 1. The second-order valence-corrected chi connectivity index (χ2v) is 4.19. The number of imide groups is 1. The fourth-order valence-corrected chi connectivity index (χ4v) is 2.28. The molecular weight excluding hydrogens is 204 g/mol. The first kappa shape index (κ1) is 10.8. The molecule has 2 rings (SSSR count). The van der Waals surface area contributed by atoms with E-state index in [0.29, 0.717) is 12.8 Å². The molecule has 0 atom stereocenters.